The highest BCUT2D eigenvalue weighted by atomic mass is 79.9. The Kier molecular flexibility index (Phi) is 5.01. The quantitative estimate of drug-likeness (QED) is 0.856. The predicted octanol–water partition coefficient (Wildman–Crippen LogP) is 3.03. The Hall–Kier alpha value is -0.850. The van der Waals surface area contributed by atoms with Gasteiger partial charge in [0.2, 0.25) is 0 Å². The van der Waals surface area contributed by atoms with Crippen LogP contribution in [0.3, 0.4) is 0 Å². The van der Waals surface area contributed by atoms with Crippen LogP contribution in [-0.2, 0) is 20.1 Å². The minimum Gasteiger partial charge on any atom is -0.486 e. The molecule has 2 N–H and O–H groups in total. The normalized spacial score (nSPS) is 10.7. The third-order valence-electron chi connectivity index (χ3n) is 2.63. The molecule has 0 fully saturated rings. The first kappa shape index (κ1) is 14.6. The van der Waals surface area contributed by atoms with Crippen LogP contribution in [-0.4, -0.2) is 16.3 Å². The van der Waals surface area contributed by atoms with Crippen LogP contribution in [0.4, 0.5) is 0 Å². The Bertz CT molecular complexity index is 546. The molecule has 1 heterocycles. The molecule has 0 aliphatic carbocycles. The SMILES string of the molecule is Cn1cc(COc2c(Br)cc(CCN)cc2Br)cn1. The first-order chi connectivity index (χ1) is 9.10. The van der Waals surface area contributed by atoms with Crippen molar-refractivity contribution in [2.75, 3.05) is 6.54 Å². The average Bonchev–Trinajstić information content (AvgIpc) is 2.74. The highest BCUT2D eigenvalue weighted by Gasteiger charge is 2.09. The minimum atomic E-state index is 0.487. The number of aromatic nitrogens is 2. The predicted molar refractivity (Wildman–Crippen MR) is 82.1 cm³/mol. The number of halogens is 2. The van der Waals surface area contributed by atoms with Gasteiger partial charge in [-0.2, -0.15) is 5.10 Å². The van der Waals surface area contributed by atoms with E-state index in [9.17, 15) is 0 Å². The van der Waals surface area contributed by atoms with Gasteiger partial charge < -0.3 is 10.5 Å². The second kappa shape index (κ2) is 6.54. The van der Waals surface area contributed by atoms with Crippen molar-refractivity contribution in [1.82, 2.24) is 9.78 Å². The molecule has 0 saturated heterocycles. The van der Waals surface area contributed by atoms with Crippen LogP contribution >= 0.6 is 31.9 Å². The number of aryl methyl sites for hydroxylation is 1. The smallest absolute Gasteiger partial charge is 0.148 e. The molecule has 0 atom stereocenters. The summed E-state index contributed by atoms with van der Waals surface area (Å²) >= 11 is 7.06. The Morgan fingerprint density at radius 3 is 2.47 bits per heavy atom. The molecule has 0 spiro atoms. The van der Waals surface area contributed by atoms with E-state index in [0.29, 0.717) is 13.2 Å². The van der Waals surface area contributed by atoms with Crippen molar-refractivity contribution >= 4 is 31.9 Å². The molecule has 0 aliphatic rings. The van der Waals surface area contributed by atoms with Gasteiger partial charge in [-0.05, 0) is 62.5 Å². The number of nitrogens with two attached hydrogens (primary N) is 1. The Morgan fingerprint density at radius 1 is 1.26 bits per heavy atom. The van der Waals surface area contributed by atoms with E-state index < -0.39 is 0 Å². The molecule has 0 amide bonds. The summed E-state index contributed by atoms with van der Waals surface area (Å²) in [4.78, 5) is 0. The van der Waals surface area contributed by atoms with Gasteiger partial charge in [0.1, 0.15) is 12.4 Å². The van der Waals surface area contributed by atoms with Crippen LogP contribution in [0.25, 0.3) is 0 Å². The molecular formula is C13H15Br2N3O. The number of hydrogen-bond donors (Lipinski definition) is 1. The van der Waals surface area contributed by atoms with Crippen LogP contribution in [0.15, 0.2) is 33.5 Å². The van der Waals surface area contributed by atoms with Crippen LogP contribution in [0.5, 0.6) is 5.75 Å². The summed E-state index contributed by atoms with van der Waals surface area (Å²) in [6, 6.07) is 4.08. The first-order valence-corrected chi connectivity index (χ1v) is 7.47. The molecule has 0 saturated carbocycles. The van der Waals surface area contributed by atoms with Gasteiger partial charge in [0, 0.05) is 18.8 Å². The van der Waals surface area contributed by atoms with Gasteiger partial charge in [-0.1, -0.05) is 0 Å². The lowest BCUT2D eigenvalue weighted by Crippen LogP contribution is -2.03. The summed E-state index contributed by atoms with van der Waals surface area (Å²) in [6.07, 6.45) is 4.58. The van der Waals surface area contributed by atoms with E-state index in [1.54, 1.807) is 10.9 Å². The highest BCUT2D eigenvalue weighted by Crippen LogP contribution is 2.35. The largest absolute Gasteiger partial charge is 0.486 e. The maximum Gasteiger partial charge on any atom is 0.148 e. The van der Waals surface area contributed by atoms with Crippen molar-refractivity contribution in [3.05, 3.63) is 44.6 Å². The van der Waals surface area contributed by atoms with Gasteiger partial charge in [0.05, 0.1) is 15.1 Å². The summed E-state index contributed by atoms with van der Waals surface area (Å²) in [6.45, 7) is 1.12. The standard InChI is InChI=1S/C13H15Br2N3O/c1-18-7-10(6-17-18)8-19-13-11(14)4-9(2-3-16)5-12(13)15/h4-7H,2-3,8,16H2,1H3. The fourth-order valence-electron chi connectivity index (χ4n) is 1.76. The molecule has 6 heteroatoms. The highest BCUT2D eigenvalue weighted by molar-refractivity contribution is 9.11. The number of benzene rings is 1. The van der Waals surface area contributed by atoms with Crippen molar-refractivity contribution in [3.63, 3.8) is 0 Å². The fraction of sp³-hybridized carbons (Fsp3) is 0.308. The summed E-state index contributed by atoms with van der Waals surface area (Å²) in [7, 11) is 1.89. The molecule has 0 aliphatic heterocycles. The summed E-state index contributed by atoms with van der Waals surface area (Å²) < 4.78 is 9.43. The zero-order valence-electron chi connectivity index (χ0n) is 10.6. The fourth-order valence-corrected chi connectivity index (χ4v) is 3.27. The lowest BCUT2D eigenvalue weighted by atomic mass is 10.1. The van der Waals surface area contributed by atoms with Crippen molar-refractivity contribution in [2.45, 2.75) is 13.0 Å². The monoisotopic (exact) mass is 387 g/mol. The lowest BCUT2D eigenvalue weighted by Gasteiger charge is -2.11. The molecule has 2 aromatic rings. The topological polar surface area (TPSA) is 53.1 Å². The zero-order chi connectivity index (χ0) is 13.8. The lowest BCUT2D eigenvalue weighted by molar-refractivity contribution is 0.302. The van der Waals surface area contributed by atoms with Gasteiger partial charge in [0.15, 0.2) is 0 Å². The second-order valence-corrected chi connectivity index (χ2v) is 5.95. The van der Waals surface area contributed by atoms with Crippen LogP contribution in [0.1, 0.15) is 11.1 Å². The first-order valence-electron chi connectivity index (χ1n) is 5.88. The molecule has 1 aromatic heterocycles. The van der Waals surface area contributed by atoms with E-state index in [-0.39, 0.29) is 0 Å². The molecule has 19 heavy (non-hydrogen) atoms. The summed E-state index contributed by atoms with van der Waals surface area (Å²) in [5.74, 6) is 0.796. The van der Waals surface area contributed by atoms with E-state index in [2.05, 4.69) is 37.0 Å². The van der Waals surface area contributed by atoms with Gasteiger partial charge in [-0.25, -0.2) is 0 Å². The second-order valence-electron chi connectivity index (χ2n) is 4.24. The molecular weight excluding hydrogens is 374 g/mol. The average molecular weight is 389 g/mol. The summed E-state index contributed by atoms with van der Waals surface area (Å²) in [5, 5.41) is 4.11. The third kappa shape index (κ3) is 3.81. The van der Waals surface area contributed by atoms with E-state index in [0.717, 1.165) is 26.7 Å². The van der Waals surface area contributed by atoms with Crippen molar-refractivity contribution in [1.29, 1.82) is 0 Å². The summed E-state index contributed by atoms with van der Waals surface area (Å²) in [5.41, 5.74) is 7.78. The maximum absolute atomic E-state index is 5.82. The Morgan fingerprint density at radius 2 is 1.95 bits per heavy atom. The van der Waals surface area contributed by atoms with Crippen LogP contribution in [0.2, 0.25) is 0 Å². The van der Waals surface area contributed by atoms with Gasteiger partial charge in [0.25, 0.3) is 0 Å². The minimum absolute atomic E-state index is 0.487. The van der Waals surface area contributed by atoms with Gasteiger partial charge in [-0.3, -0.25) is 4.68 Å². The van der Waals surface area contributed by atoms with Crippen LogP contribution < -0.4 is 10.5 Å². The maximum atomic E-state index is 5.82. The molecule has 0 radical (unpaired) electrons. The Labute approximate surface area is 129 Å². The van der Waals surface area contributed by atoms with E-state index >= 15 is 0 Å². The van der Waals surface area contributed by atoms with E-state index in [1.165, 1.54) is 5.56 Å². The van der Waals surface area contributed by atoms with E-state index in [4.69, 9.17) is 10.5 Å². The molecule has 102 valence electrons. The Balaban J connectivity index is 2.11. The number of nitrogens with zero attached hydrogens (tertiary/aromatic N) is 2. The van der Waals surface area contributed by atoms with Gasteiger partial charge >= 0.3 is 0 Å². The van der Waals surface area contributed by atoms with Crippen molar-refractivity contribution in [3.8, 4) is 5.75 Å². The zero-order valence-corrected chi connectivity index (χ0v) is 13.7. The van der Waals surface area contributed by atoms with Crippen molar-refractivity contribution < 1.29 is 4.74 Å². The third-order valence-corrected chi connectivity index (χ3v) is 3.81. The number of ether oxygens (including phenoxy) is 1. The van der Waals surface area contributed by atoms with Crippen molar-refractivity contribution in [2.24, 2.45) is 12.8 Å². The van der Waals surface area contributed by atoms with Crippen LogP contribution in [0, 0.1) is 0 Å². The van der Waals surface area contributed by atoms with E-state index in [1.807, 2.05) is 25.4 Å². The molecule has 0 bridgehead atoms. The number of rotatable bonds is 5. The number of hydrogen-bond acceptors (Lipinski definition) is 3. The molecule has 0 unspecified atom stereocenters. The molecule has 2 rings (SSSR count). The molecule has 4 nitrogen and oxygen atoms in total. The van der Waals surface area contributed by atoms with Gasteiger partial charge in [-0.15, -0.1) is 0 Å². The molecule has 1 aromatic carbocycles.